The normalized spacial score (nSPS) is 10.9. The fourth-order valence-corrected chi connectivity index (χ4v) is 2.56. The summed E-state index contributed by atoms with van der Waals surface area (Å²) in [5.74, 6) is -0.980. The summed E-state index contributed by atoms with van der Waals surface area (Å²) in [6.45, 7) is 3.86. The van der Waals surface area contributed by atoms with Gasteiger partial charge in [0.2, 0.25) is 0 Å². The molecule has 1 heterocycles. The molecule has 2 rings (SSSR count). The predicted octanol–water partition coefficient (Wildman–Crippen LogP) is 2.04. The monoisotopic (exact) mass is 259 g/mol. The molecule has 19 heavy (non-hydrogen) atoms. The minimum Gasteiger partial charge on any atom is -0.481 e. The smallest absolute Gasteiger partial charge is 0.308 e. The SMILES string of the molecule is CCc1cccc2c(C)c(CC(=O)O)c(=O)n(C)c12. The molecule has 1 aromatic heterocycles. The number of para-hydroxylation sites is 1. The molecule has 0 saturated heterocycles. The molecule has 0 aliphatic carbocycles. The maximum Gasteiger partial charge on any atom is 0.308 e. The molecule has 4 heteroatoms. The van der Waals surface area contributed by atoms with Crippen LogP contribution >= 0.6 is 0 Å². The van der Waals surface area contributed by atoms with Gasteiger partial charge in [-0.15, -0.1) is 0 Å². The Morgan fingerprint density at radius 2 is 2.05 bits per heavy atom. The number of carbonyl (C=O) groups is 1. The number of fused-ring (bicyclic) bond motifs is 1. The van der Waals surface area contributed by atoms with Crippen molar-refractivity contribution in [1.29, 1.82) is 0 Å². The van der Waals surface area contributed by atoms with E-state index in [1.54, 1.807) is 11.6 Å². The first kappa shape index (κ1) is 13.3. The van der Waals surface area contributed by atoms with E-state index in [9.17, 15) is 9.59 Å². The van der Waals surface area contributed by atoms with Gasteiger partial charge in [0.25, 0.3) is 5.56 Å². The van der Waals surface area contributed by atoms with Crippen molar-refractivity contribution in [2.45, 2.75) is 26.7 Å². The van der Waals surface area contributed by atoms with Crippen LogP contribution in [0.2, 0.25) is 0 Å². The molecule has 1 aromatic carbocycles. The third kappa shape index (κ3) is 2.14. The number of hydrogen-bond acceptors (Lipinski definition) is 2. The number of pyridine rings is 1. The van der Waals surface area contributed by atoms with Crippen LogP contribution in [0.3, 0.4) is 0 Å². The average molecular weight is 259 g/mol. The van der Waals surface area contributed by atoms with Crippen LogP contribution in [-0.4, -0.2) is 15.6 Å². The van der Waals surface area contributed by atoms with E-state index in [0.717, 1.165) is 28.5 Å². The first-order chi connectivity index (χ1) is 8.97. The standard InChI is InChI=1S/C15H17NO3/c1-4-10-6-5-7-11-9(2)12(8-13(17)18)15(19)16(3)14(10)11/h5-7H,4,8H2,1-3H3,(H,17,18). The number of nitrogens with zero attached hydrogens (tertiary/aromatic N) is 1. The Morgan fingerprint density at radius 3 is 2.63 bits per heavy atom. The molecule has 100 valence electrons. The minimum atomic E-state index is -0.980. The number of benzene rings is 1. The van der Waals surface area contributed by atoms with Gasteiger partial charge < -0.3 is 9.67 Å². The van der Waals surface area contributed by atoms with Crippen molar-refractivity contribution >= 4 is 16.9 Å². The maximum atomic E-state index is 12.3. The van der Waals surface area contributed by atoms with Gasteiger partial charge in [-0.2, -0.15) is 0 Å². The molecule has 0 saturated carbocycles. The van der Waals surface area contributed by atoms with Crippen LogP contribution in [0.15, 0.2) is 23.0 Å². The largest absolute Gasteiger partial charge is 0.481 e. The summed E-state index contributed by atoms with van der Waals surface area (Å²) in [4.78, 5) is 23.2. The number of aromatic nitrogens is 1. The molecule has 4 nitrogen and oxygen atoms in total. The number of rotatable bonds is 3. The first-order valence-electron chi connectivity index (χ1n) is 6.29. The first-order valence-corrected chi connectivity index (χ1v) is 6.29. The Balaban J connectivity index is 2.91. The summed E-state index contributed by atoms with van der Waals surface area (Å²) in [5.41, 5.74) is 2.93. The highest BCUT2D eigenvalue weighted by Gasteiger charge is 2.15. The second-order valence-corrected chi connectivity index (χ2v) is 4.71. The van der Waals surface area contributed by atoms with E-state index in [4.69, 9.17) is 5.11 Å². The van der Waals surface area contributed by atoms with Crippen LogP contribution < -0.4 is 5.56 Å². The van der Waals surface area contributed by atoms with Crippen molar-refractivity contribution in [3.05, 3.63) is 45.2 Å². The van der Waals surface area contributed by atoms with Crippen molar-refractivity contribution in [2.75, 3.05) is 0 Å². The molecule has 0 radical (unpaired) electrons. The van der Waals surface area contributed by atoms with Gasteiger partial charge in [-0.1, -0.05) is 25.1 Å². The quantitative estimate of drug-likeness (QED) is 0.917. The van der Waals surface area contributed by atoms with Gasteiger partial charge in [-0.25, -0.2) is 0 Å². The molecule has 0 aliphatic rings. The van der Waals surface area contributed by atoms with E-state index >= 15 is 0 Å². The number of hydrogen-bond donors (Lipinski definition) is 1. The predicted molar refractivity (Wildman–Crippen MR) is 74.6 cm³/mol. The molecule has 0 aliphatic heterocycles. The van der Waals surface area contributed by atoms with Crippen molar-refractivity contribution in [3.8, 4) is 0 Å². The van der Waals surface area contributed by atoms with Gasteiger partial charge in [0.05, 0.1) is 11.9 Å². The average Bonchev–Trinajstić information content (AvgIpc) is 2.40. The van der Waals surface area contributed by atoms with Crippen LogP contribution in [0.5, 0.6) is 0 Å². The summed E-state index contributed by atoms with van der Waals surface area (Å²) in [7, 11) is 1.70. The lowest BCUT2D eigenvalue weighted by Gasteiger charge is -2.14. The summed E-state index contributed by atoms with van der Waals surface area (Å²) in [6, 6.07) is 5.88. The molecule has 0 amide bonds. The summed E-state index contributed by atoms with van der Waals surface area (Å²) >= 11 is 0. The highest BCUT2D eigenvalue weighted by atomic mass is 16.4. The lowest BCUT2D eigenvalue weighted by molar-refractivity contribution is -0.136. The molecule has 1 N–H and O–H groups in total. The summed E-state index contributed by atoms with van der Waals surface area (Å²) < 4.78 is 1.57. The highest BCUT2D eigenvalue weighted by Crippen LogP contribution is 2.23. The van der Waals surface area contributed by atoms with Gasteiger partial charge in [0.15, 0.2) is 0 Å². The Kier molecular flexibility index (Phi) is 3.42. The Hall–Kier alpha value is -2.10. The van der Waals surface area contributed by atoms with E-state index in [0.29, 0.717) is 5.56 Å². The fraction of sp³-hybridized carbons (Fsp3) is 0.333. The van der Waals surface area contributed by atoms with Gasteiger partial charge in [0.1, 0.15) is 0 Å². The molecular weight excluding hydrogens is 242 g/mol. The zero-order valence-corrected chi connectivity index (χ0v) is 11.4. The van der Waals surface area contributed by atoms with Crippen molar-refractivity contribution < 1.29 is 9.90 Å². The second-order valence-electron chi connectivity index (χ2n) is 4.71. The van der Waals surface area contributed by atoms with Gasteiger partial charge in [-0.05, 0) is 24.5 Å². The topological polar surface area (TPSA) is 59.3 Å². The van der Waals surface area contributed by atoms with Crippen LogP contribution in [0.4, 0.5) is 0 Å². The third-order valence-electron chi connectivity index (χ3n) is 3.58. The summed E-state index contributed by atoms with van der Waals surface area (Å²) in [5, 5.41) is 9.89. The number of carboxylic acid groups (broad SMARTS) is 1. The van der Waals surface area contributed by atoms with E-state index in [1.807, 2.05) is 32.0 Å². The Bertz CT molecular complexity index is 713. The molecule has 0 unspecified atom stereocenters. The molecule has 2 aromatic rings. The fourth-order valence-electron chi connectivity index (χ4n) is 2.56. The van der Waals surface area contributed by atoms with Crippen molar-refractivity contribution in [1.82, 2.24) is 4.57 Å². The van der Waals surface area contributed by atoms with E-state index in [-0.39, 0.29) is 12.0 Å². The van der Waals surface area contributed by atoms with Crippen LogP contribution in [0, 0.1) is 6.92 Å². The van der Waals surface area contributed by atoms with E-state index in [1.165, 1.54) is 0 Å². The zero-order chi connectivity index (χ0) is 14.2. The van der Waals surface area contributed by atoms with Crippen LogP contribution in [-0.2, 0) is 24.7 Å². The zero-order valence-electron chi connectivity index (χ0n) is 11.4. The molecule has 0 fully saturated rings. The van der Waals surface area contributed by atoms with Gasteiger partial charge in [-0.3, -0.25) is 9.59 Å². The third-order valence-corrected chi connectivity index (χ3v) is 3.58. The number of aryl methyl sites for hydroxylation is 3. The van der Waals surface area contributed by atoms with Crippen LogP contribution in [0.1, 0.15) is 23.6 Å². The van der Waals surface area contributed by atoms with Crippen LogP contribution in [0.25, 0.3) is 10.9 Å². The Labute approximate surface area is 111 Å². The van der Waals surface area contributed by atoms with Crippen molar-refractivity contribution in [2.24, 2.45) is 7.05 Å². The van der Waals surface area contributed by atoms with E-state index in [2.05, 4.69) is 0 Å². The molecule has 0 atom stereocenters. The lowest BCUT2D eigenvalue weighted by Crippen LogP contribution is -2.25. The second kappa shape index (κ2) is 4.88. The molecule has 0 spiro atoms. The van der Waals surface area contributed by atoms with E-state index < -0.39 is 5.97 Å². The van der Waals surface area contributed by atoms with Gasteiger partial charge >= 0.3 is 5.97 Å². The summed E-state index contributed by atoms with van der Waals surface area (Å²) in [6.07, 6.45) is 0.604. The van der Waals surface area contributed by atoms with Crippen molar-refractivity contribution in [3.63, 3.8) is 0 Å². The maximum absolute atomic E-state index is 12.3. The minimum absolute atomic E-state index is 0.215. The number of carboxylic acids is 1. The number of aliphatic carboxylic acids is 1. The molecular formula is C15H17NO3. The lowest BCUT2D eigenvalue weighted by atomic mass is 9.99. The van der Waals surface area contributed by atoms with Gasteiger partial charge in [0, 0.05) is 18.0 Å². The highest BCUT2D eigenvalue weighted by molar-refractivity contribution is 5.87. The Morgan fingerprint density at radius 1 is 1.37 bits per heavy atom. The molecule has 0 bridgehead atoms.